The highest BCUT2D eigenvalue weighted by atomic mass is 19.1. The molecule has 0 aromatic heterocycles. The first-order valence-electron chi connectivity index (χ1n) is 6.62. The Morgan fingerprint density at radius 3 is 2.83 bits per heavy atom. The van der Waals surface area contributed by atoms with Crippen molar-refractivity contribution in [2.24, 2.45) is 11.1 Å². The van der Waals surface area contributed by atoms with Crippen molar-refractivity contribution in [1.29, 1.82) is 0 Å². The Balaban J connectivity index is 2.16. The Bertz CT molecular complexity index is 429. The molecule has 1 unspecified atom stereocenters. The maximum Gasteiger partial charge on any atom is 0.126 e. The third-order valence-corrected chi connectivity index (χ3v) is 3.94. The summed E-state index contributed by atoms with van der Waals surface area (Å²) in [6.45, 7) is 5.94. The average Bonchev–Trinajstić information content (AvgIpc) is 2.74. The molecule has 2 N–H and O–H groups in total. The molecule has 1 aliphatic carbocycles. The molecule has 1 aromatic carbocycles. The van der Waals surface area contributed by atoms with Crippen LogP contribution < -0.4 is 5.73 Å². The van der Waals surface area contributed by atoms with Crippen molar-refractivity contribution in [3.05, 3.63) is 35.1 Å². The number of hydrogen-bond acceptors (Lipinski definition) is 2. The molecule has 0 bridgehead atoms. The summed E-state index contributed by atoms with van der Waals surface area (Å²) in [7, 11) is 2.11. The van der Waals surface area contributed by atoms with Crippen molar-refractivity contribution >= 4 is 0 Å². The summed E-state index contributed by atoms with van der Waals surface area (Å²) in [5, 5.41) is 0. The van der Waals surface area contributed by atoms with E-state index in [2.05, 4.69) is 31.9 Å². The van der Waals surface area contributed by atoms with E-state index in [4.69, 9.17) is 5.73 Å². The molecule has 0 saturated carbocycles. The molecule has 2 rings (SSSR count). The highest BCUT2D eigenvalue weighted by Gasteiger charge is 2.30. The number of halogens is 1. The van der Waals surface area contributed by atoms with Gasteiger partial charge in [0.2, 0.25) is 0 Å². The number of fused-ring (bicyclic) bond motifs is 1. The van der Waals surface area contributed by atoms with Crippen LogP contribution in [0.2, 0.25) is 0 Å². The zero-order valence-corrected chi connectivity index (χ0v) is 11.5. The van der Waals surface area contributed by atoms with Gasteiger partial charge in [-0.25, -0.2) is 4.39 Å². The van der Waals surface area contributed by atoms with Gasteiger partial charge in [-0.2, -0.15) is 0 Å². The number of rotatable bonds is 4. The summed E-state index contributed by atoms with van der Waals surface area (Å²) in [5.41, 5.74) is 7.95. The summed E-state index contributed by atoms with van der Waals surface area (Å²) in [6, 6.07) is 5.77. The predicted molar refractivity (Wildman–Crippen MR) is 72.9 cm³/mol. The lowest BCUT2D eigenvalue weighted by molar-refractivity contribution is 0.164. The largest absolute Gasteiger partial charge is 0.330 e. The Kier molecular flexibility index (Phi) is 3.74. The zero-order valence-electron chi connectivity index (χ0n) is 11.5. The summed E-state index contributed by atoms with van der Waals surface area (Å²) in [6.07, 6.45) is 1.85. The smallest absolute Gasteiger partial charge is 0.126 e. The topological polar surface area (TPSA) is 29.3 Å². The van der Waals surface area contributed by atoms with Gasteiger partial charge in [0.05, 0.1) is 0 Å². The van der Waals surface area contributed by atoms with E-state index >= 15 is 0 Å². The van der Waals surface area contributed by atoms with Crippen LogP contribution in [0.4, 0.5) is 4.39 Å². The minimum atomic E-state index is -0.0542. The zero-order chi connectivity index (χ0) is 13.3. The van der Waals surface area contributed by atoms with Crippen LogP contribution in [0.25, 0.3) is 0 Å². The highest BCUT2D eigenvalue weighted by Crippen LogP contribution is 2.37. The van der Waals surface area contributed by atoms with Gasteiger partial charge in [-0.3, -0.25) is 4.90 Å². The Hall–Kier alpha value is -0.930. The van der Waals surface area contributed by atoms with Gasteiger partial charge >= 0.3 is 0 Å². The number of nitrogens with zero attached hydrogens (tertiary/aromatic N) is 1. The van der Waals surface area contributed by atoms with Crippen LogP contribution in [0, 0.1) is 11.2 Å². The van der Waals surface area contributed by atoms with E-state index in [1.807, 2.05) is 6.07 Å². The van der Waals surface area contributed by atoms with E-state index in [-0.39, 0.29) is 11.2 Å². The van der Waals surface area contributed by atoms with Crippen molar-refractivity contribution in [3.8, 4) is 0 Å². The molecule has 0 fully saturated rings. The molecule has 0 aliphatic heterocycles. The van der Waals surface area contributed by atoms with Crippen molar-refractivity contribution in [2.45, 2.75) is 32.7 Å². The standard InChI is InChI=1S/C15H23FN2/c1-15(2,9-17)10-18(3)14-8-7-11-12(14)5-4-6-13(11)16/h4-6,14H,7-10,17H2,1-3H3. The lowest BCUT2D eigenvalue weighted by Gasteiger charge is -2.33. The second kappa shape index (κ2) is 4.98. The second-order valence-electron chi connectivity index (χ2n) is 6.15. The fourth-order valence-corrected chi connectivity index (χ4v) is 2.90. The van der Waals surface area contributed by atoms with Crippen LogP contribution >= 0.6 is 0 Å². The van der Waals surface area contributed by atoms with Gasteiger partial charge in [0.1, 0.15) is 5.82 Å². The van der Waals surface area contributed by atoms with E-state index < -0.39 is 0 Å². The van der Waals surface area contributed by atoms with Crippen molar-refractivity contribution < 1.29 is 4.39 Å². The molecule has 0 spiro atoms. The molecule has 18 heavy (non-hydrogen) atoms. The molecule has 1 aromatic rings. The van der Waals surface area contributed by atoms with Crippen molar-refractivity contribution in [1.82, 2.24) is 4.90 Å². The molecule has 0 radical (unpaired) electrons. The lowest BCUT2D eigenvalue weighted by Crippen LogP contribution is -2.38. The van der Waals surface area contributed by atoms with Gasteiger partial charge in [-0.1, -0.05) is 26.0 Å². The van der Waals surface area contributed by atoms with Crippen molar-refractivity contribution in [3.63, 3.8) is 0 Å². The van der Waals surface area contributed by atoms with Crippen LogP contribution in [0.1, 0.15) is 37.4 Å². The Labute approximate surface area is 109 Å². The fraction of sp³-hybridized carbons (Fsp3) is 0.600. The third kappa shape index (κ3) is 2.57. The number of hydrogen-bond donors (Lipinski definition) is 1. The van der Waals surface area contributed by atoms with Crippen LogP contribution in [0.15, 0.2) is 18.2 Å². The minimum absolute atomic E-state index is 0.0542. The van der Waals surface area contributed by atoms with E-state index in [9.17, 15) is 4.39 Å². The van der Waals surface area contributed by atoms with Crippen LogP contribution in [-0.2, 0) is 6.42 Å². The van der Waals surface area contributed by atoms with Gasteiger partial charge in [0.25, 0.3) is 0 Å². The van der Waals surface area contributed by atoms with Gasteiger partial charge in [-0.05, 0) is 49.0 Å². The van der Waals surface area contributed by atoms with Crippen molar-refractivity contribution in [2.75, 3.05) is 20.1 Å². The van der Waals surface area contributed by atoms with E-state index in [1.54, 1.807) is 6.07 Å². The maximum atomic E-state index is 13.7. The van der Waals surface area contributed by atoms with Crippen LogP contribution in [0.5, 0.6) is 0 Å². The minimum Gasteiger partial charge on any atom is -0.330 e. The number of benzene rings is 1. The van der Waals surface area contributed by atoms with Gasteiger partial charge < -0.3 is 5.73 Å². The van der Waals surface area contributed by atoms with E-state index in [1.165, 1.54) is 0 Å². The highest BCUT2D eigenvalue weighted by molar-refractivity contribution is 5.35. The molecular weight excluding hydrogens is 227 g/mol. The van der Waals surface area contributed by atoms with Crippen LogP contribution in [-0.4, -0.2) is 25.0 Å². The molecule has 1 aliphatic rings. The lowest BCUT2D eigenvalue weighted by atomic mass is 9.92. The second-order valence-corrected chi connectivity index (χ2v) is 6.15. The molecule has 1 atom stereocenters. The molecule has 0 saturated heterocycles. The SMILES string of the molecule is CN(CC(C)(C)CN)C1CCc2c(F)cccc21. The molecule has 0 amide bonds. The summed E-state index contributed by atoms with van der Waals surface area (Å²) >= 11 is 0. The Morgan fingerprint density at radius 1 is 1.44 bits per heavy atom. The van der Waals surface area contributed by atoms with E-state index in [0.717, 1.165) is 30.5 Å². The molecule has 2 nitrogen and oxygen atoms in total. The molecular formula is C15H23FN2. The third-order valence-electron chi connectivity index (χ3n) is 3.94. The van der Waals surface area contributed by atoms with Crippen LogP contribution in [0.3, 0.4) is 0 Å². The molecule has 100 valence electrons. The first-order valence-corrected chi connectivity index (χ1v) is 6.62. The van der Waals surface area contributed by atoms with Gasteiger partial charge in [0, 0.05) is 12.6 Å². The summed E-state index contributed by atoms with van der Waals surface area (Å²) < 4.78 is 13.7. The monoisotopic (exact) mass is 250 g/mol. The summed E-state index contributed by atoms with van der Waals surface area (Å²) in [4.78, 5) is 2.32. The Morgan fingerprint density at radius 2 is 2.17 bits per heavy atom. The quantitative estimate of drug-likeness (QED) is 0.890. The van der Waals surface area contributed by atoms with E-state index in [0.29, 0.717) is 12.6 Å². The maximum absolute atomic E-state index is 13.7. The van der Waals surface area contributed by atoms with Gasteiger partial charge in [0.15, 0.2) is 0 Å². The predicted octanol–water partition coefficient (Wildman–Crippen LogP) is 2.73. The first-order chi connectivity index (χ1) is 8.44. The normalized spacial score (nSPS) is 19.3. The molecule has 3 heteroatoms. The average molecular weight is 250 g/mol. The first kappa shape index (κ1) is 13.5. The summed E-state index contributed by atoms with van der Waals surface area (Å²) in [5.74, 6) is -0.0542. The van der Waals surface area contributed by atoms with Gasteiger partial charge in [-0.15, -0.1) is 0 Å². The fourth-order valence-electron chi connectivity index (χ4n) is 2.90. The number of nitrogens with two attached hydrogens (primary N) is 1. The molecule has 0 heterocycles.